The lowest BCUT2D eigenvalue weighted by molar-refractivity contribution is -0.118. The Labute approximate surface area is 224 Å². The molecule has 7 nitrogen and oxygen atoms in total. The first kappa shape index (κ1) is 25.4. The van der Waals surface area contributed by atoms with E-state index < -0.39 is 0 Å². The Morgan fingerprint density at radius 1 is 1.00 bits per heavy atom. The van der Waals surface area contributed by atoms with Crippen LogP contribution >= 0.6 is 11.8 Å². The van der Waals surface area contributed by atoms with Gasteiger partial charge in [0.15, 0.2) is 5.16 Å². The highest BCUT2D eigenvalue weighted by Crippen LogP contribution is 2.28. The minimum atomic E-state index is -0.188. The van der Waals surface area contributed by atoms with Crippen LogP contribution in [-0.2, 0) is 17.8 Å². The number of methoxy groups -OCH3 is 1. The summed E-state index contributed by atoms with van der Waals surface area (Å²) in [6.07, 6.45) is 2.57. The lowest BCUT2D eigenvalue weighted by Crippen LogP contribution is -2.28. The maximum atomic E-state index is 13.7. The number of carbonyl (C=O) groups is 1. The van der Waals surface area contributed by atoms with Gasteiger partial charge in [0, 0.05) is 18.3 Å². The van der Waals surface area contributed by atoms with Crippen molar-refractivity contribution in [3.63, 3.8) is 0 Å². The summed E-state index contributed by atoms with van der Waals surface area (Å²) in [6, 6.07) is 27.4. The zero-order chi connectivity index (χ0) is 26.3. The summed E-state index contributed by atoms with van der Waals surface area (Å²) < 4.78 is 6.97. The molecule has 0 fully saturated rings. The Balaban J connectivity index is 1.42. The van der Waals surface area contributed by atoms with E-state index in [9.17, 15) is 9.59 Å². The first-order valence-electron chi connectivity index (χ1n) is 12.4. The van der Waals surface area contributed by atoms with Crippen LogP contribution < -0.4 is 15.6 Å². The largest absolute Gasteiger partial charge is 0.497 e. The predicted octanol–water partition coefficient (Wildman–Crippen LogP) is 4.90. The van der Waals surface area contributed by atoms with Crippen LogP contribution in [-0.4, -0.2) is 39.8 Å². The molecular formula is C30H28N4O3S. The van der Waals surface area contributed by atoms with Gasteiger partial charge in [0.2, 0.25) is 5.91 Å². The number of aromatic nitrogens is 3. The van der Waals surface area contributed by atoms with E-state index in [1.54, 1.807) is 11.7 Å². The van der Waals surface area contributed by atoms with E-state index in [1.165, 1.54) is 17.3 Å². The van der Waals surface area contributed by atoms with Crippen molar-refractivity contribution >= 4 is 28.7 Å². The summed E-state index contributed by atoms with van der Waals surface area (Å²) in [4.78, 5) is 34.4. The van der Waals surface area contributed by atoms with Crippen molar-refractivity contribution in [3.05, 3.63) is 113 Å². The monoisotopic (exact) mass is 524 g/mol. The molecule has 0 aliphatic carbocycles. The fourth-order valence-corrected chi connectivity index (χ4v) is 5.11. The summed E-state index contributed by atoms with van der Waals surface area (Å²) in [5.74, 6) is 0.754. The Morgan fingerprint density at radius 3 is 2.50 bits per heavy atom. The lowest BCUT2D eigenvalue weighted by Gasteiger charge is -2.13. The van der Waals surface area contributed by atoms with Crippen LogP contribution in [0.1, 0.15) is 11.1 Å². The number of H-pyrrole nitrogens is 1. The Morgan fingerprint density at radius 2 is 1.74 bits per heavy atom. The molecular weight excluding hydrogens is 496 g/mol. The number of fused-ring (bicyclic) bond motifs is 1. The third-order valence-electron chi connectivity index (χ3n) is 6.22. The number of ether oxygens (including phenoxy) is 1. The second-order valence-corrected chi connectivity index (χ2v) is 9.75. The zero-order valence-electron chi connectivity index (χ0n) is 21.0. The van der Waals surface area contributed by atoms with Crippen LogP contribution in [0.15, 0.2) is 101 Å². The van der Waals surface area contributed by atoms with Crippen molar-refractivity contribution in [2.75, 3.05) is 19.4 Å². The number of amides is 1. The number of nitrogens with zero attached hydrogens (tertiary/aromatic N) is 2. The van der Waals surface area contributed by atoms with Crippen molar-refractivity contribution in [1.82, 2.24) is 19.9 Å². The number of nitrogens with one attached hydrogen (secondary N) is 2. The van der Waals surface area contributed by atoms with E-state index in [0.717, 1.165) is 23.1 Å². The minimum absolute atomic E-state index is 0.106. The zero-order valence-corrected chi connectivity index (χ0v) is 21.8. The van der Waals surface area contributed by atoms with Gasteiger partial charge in [-0.15, -0.1) is 0 Å². The maximum Gasteiger partial charge on any atom is 0.278 e. The van der Waals surface area contributed by atoms with Gasteiger partial charge in [0.1, 0.15) is 16.8 Å². The first-order chi connectivity index (χ1) is 18.6. The molecule has 0 bridgehead atoms. The van der Waals surface area contributed by atoms with Gasteiger partial charge < -0.3 is 15.0 Å². The molecule has 8 heteroatoms. The van der Waals surface area contributed by atoms with Crippen molar-refractivity contribution in [2.45, 2.75) is 18.1 Å². The van der Waals surface area contributed by atoms with E-state index in [2.05, 4.69) is 10.3 Å². The molecule has 0 spiro atoms. The van der Waals surface area contributed by atoms with Gasteiger partial charge in [-0.3, -0.25) is 14.2 Å². The second-order valence-electron chi connectivity index (χ2n) is 8.80. The number of thioether (sulfide) groups is 1. The van der Waals surface area contributed by atoms with E-state index in [1.807, 2.05) is 91.1 Å². The van der Waals surface area contributed by atoms with Crippen LogP contribution in [0.3, 0.4) is 0 Å². The highest BCUT2D eigenvalue weighted by atomic mass is 32.2. The van der Waals surface area contributed by atoms with Crippen LogP contribution in [0.4, 0.5) is 0 Å². The molecule has 1 amide bonds. The fourth-order valence-electron chi connectivity index (χ4n) is 4.29. The van der Waals surface area contributed by atoms with Gasteiger partial charge in [-0.05, 0) is 35.2 Å². The normalized spacial score (nSPS) is 11.0. The lowest BCUT2D eigenvalue weighted by atomic mass is 10.1. The molecule has 0 radical (unpaired) electrons. The third-order valence-corrected chi connectivity index (χ3v) is 7.20. The third kappa shape index (κ3) is 5.81. The van der Waals surface area contributed by atoms with Crippen molar-refractivity contribution in [1.29, 1.82) is 0 Å². The van der Waals surface area contributed by atoms with Crippen LogP contribution in [0, 0.1) is 0 Å². The Kier molecular flexibility index (Phi) is 7.89. The van der Waals surface area contributed by atoms with E-state index in [-0.39, 0.29) is 17.2 Å². The number of rotatable bonds is 10. The van der Waals surface area contributed by atoms with Gasteiger partial charge in [-0.1, -0.05) is 84.6 Å². The van der Waals surface area contributed by atoms with Gasteiger partial charge in [-0.2, -0.15) is 0 Å². The quantitative estimate of drug-likeness (QED) is 0.200. The van der Waals surface area contributed by atoms with Gasteiger partial charge in [-0.25, -0.2) is 4.98 Å². The standard InChI is InChI=1S/C30H28N4O3S/c1-37-24-14-8-11-22(17-24)19-34-29(36)28-27(25(18-32-28)23-12-6-3-7-13-23)33-30(34)38-20-26(35)31-16-15-21-9-4-2-5-10-21/h2-14,17-18,32H,15-16,19-20H2,1H3,(H,31,35). The number of hydrogen-bond donors (Lipinski definition) is 2. The smallest absolute Gasteiger partial charge is 0.278 e. The number of aromatic amines is 1. The first-order valence-corrected chi connectivity index (χ1v) is 13.3. The number of benzene rings is 3. The van der Waals surface area contributed by atoms with Gasteiger partial charge >= 0.3 is 0 Å². The molecule has 0 saturated heterocycles. The summed E-state index contributed by atoms with van der Waals surface area (Å²) in [5.41, 5.74) is 4.72. The van der Waals surface area contributed by atoms with Gasteiger partial charge in [0.05, 0.1) is 19.4 Å². The summed E-state index contributed by atoms with van der Waals surface area (Å²) >= 11 is 1.26. The van der Waals surface area contributed by atoms with Crippen LogP contribution in [0.2, 0.25) is 0 Å². The molecule has 5 aromatic rings. The van der Waals surface area contributed by atoms with E-state index >= 15 is 0 Å². The Hall–Kier alpha value is -4.30. The predicted molar refractivity (Wildman–Crippen MR) is 152 cm³/mol. The van der Waals surface area contributed by atoms with Crippen molar-refractivity contribution in [3.8, 4) is 16.9 Å². The molecule has 0 aliphatic heterocycles. The Bertz CT molecular complexity index is 1600. The topological polar surface area (TPSA) is 89.0 Å². The molecule has 0 saturated carbocycles. The average molecular weight is 525 g/mol. The van der Waals surface area contributed by atoms with E-state index in [0.29, 0.717) is 35.0 Å². The van der Waals surface area contributed by atoms with Crippen molar-refractivity contribution in [2.24, 2.45) is 0 Å². The molecule has 0 atom stereocenters. The molecule has 3 aromatic carbocycles. The molecule has 0 unspecified atom stereocenters. The average Bonchev–Trinajstić information content (AvgIpc) is 3.39. The highest BCUT2D eigenvalue weighted by molar-refractivity contribution is 7.99. The summed E-state index contributed by atoms with van der Waals surface area (Å²) in [5, 5.41) is 3.46. The molecule has 2 aromatic heterocycles. The molecule has 38 heavy (non-hydrogen) atoms. The second kappa shape index (κ2) is 11.8. The minimum Gasteiger partial charge on any atom is -0.497 e. The van der Waals surface area contributed by atoms with Gasteiger partial charge in [0.25, 0.3) is 5.56 Å². The molecule has 192 valence electrons. The maximum absolute atomic E-state index is 13.7. The SMILES string of the molecule is COc1cccc(Cn2c(SCC(=O)NCCc3ccccc3)nc3c(-c4ccccc4)c[nH]c3c2=O)c1. The number of carbonyl (C=O) groups excluding carboxylic acids is 1. The molecule has 2 heterocycles. The fraction of sp³-hybridized carbons (Fsp3) is 0.167. The number of hydrogen-bond acceptors (Lipinski definition) is 5. The van der Waals surface area contributed by atoms with Crippen molar-refractivity contribution < 1.29 is 9.53 Å². The van der Waals surface area contributed by atoms with Crippen LogP contribution in [0.5, 0.6) is 5.75 Å². The molecule has 0 aliphatic rings. The highest BCUT2D eigenvalue weighted by Gasteiger charge is 2.18. The molecule has 5 rings (SSSR count). The summed E-state index contributed by atoms with van der Waals surface area (Å²) in [6.45, 7) is 0.846. The van der Waals surface area contributed by atoms with Crippen LogP contribution in [0.25, 0.3) is 22.2 Å². The van der Waals surface area contributed by atoms with E-state index in [4.69, 9.17) is 9.72 Å². The summed E-state index contributed by atoms with van der Waals surface area (Å²) in [7, 11) is 1.61. The molecule has 2 N–H and O–H groups in total.